The zero-order valence-corrected chi connectivity index (χ0v) is 12.2. The van der Waals surface area contributed by atoms with Gasteiger partial charge in [-0.25, -0.2) is 4.79 Å². The number of rotatable bonds is 4. The number of methoxy groups -OCH3 is 1. The van der Waals surface area contributed by atoms with Crippen LogP contribution in [0.4, 0.5) is 0 Å². The molecule has 20 heavy (non-hydrogen) atoms. The number of aromatic amines is 1. The van der Waals surface area contributed by atoms with Gasteiger partial charge in [0, 0.05) is 11.8 Å². The molecule has 106 valence electrons. The molecule has 0 bridgehead atoms. The number of nitrogens with one attached hydrogen (secondary N) is 1. The Balaban J connectivity index is 2.47. The first-order chi connectivity index (χ1) is 9.60. The molecule has 0 fully saturated rings. The second-order valence-corrected chi connectivity index (χ2v) is 4.56. The Morgan fingerprint density at radius 3 is 2.60 bits per heavy atom. The summed E-state index contributed by atoms with van der Waals surface area (Å²) in [6.45, 7) is 6.08. The van der Waals surface area contributed by atoms with E-state index >= 15 is 0 Å². The van der Waals surface area contributed by atoms with Crippen molar-refractivity contribution < 1.29 is 14.3 Å². The van der Waals surface area contributed by atoms with E-state index in [1.165, 1.54) is 0 Å². The molecular weight excluding hydrogens is 254 g/mol. The van der Waals surface area contributed by atoms with Crippen molar-refractivity contribution in [2.45, 2.75) is 20.8 Å². The molecule has 1 N–H and O–H groups in total. The van der Waals surface area contributed by atoms with Crippen molar-refractivity contribution in [3.8, 4) is 16.9 Å². The molecule has 0 aliphatic carbocycles. The third-order valence-corrected chi connectivity index (χ3v) is 3.41. The number of benzene rings is 1. The molecule has 2 rings (SSSR count). The molecule has 0 atom stereocenters. The molecule has 4 nitrogen and oxygen atoms in total. The lowest BCUT2D eigenvalue weighted by Crippen LogP contribution is -2.06. The summed E-state index contributed by atoms with van der Waals surface area (Å²) in [5, 5.41) is 0. The van der Waals surface area contributed by atoms with E-state index in [4.69, 9.17) is 9.47 Å². The van der Waals surface area contributed by atoms with E-state index in [1.54, 1.807) is 14.0 Å². The summed E-state index contributed by atoms with van der Waals surface area (Å²) in [4.78, 5) is 14.8. The number of carbonyl (C=O) groups is 1. The third kappa shape index (κ3) is 2.41. The minimum Gasteiger partial charge on any atom is -0.496 e. The Morgan fingerprint density at radius 1 is 1.20 bits per heavy atom. The van der Waals surface area contributed by atoms with Crippen molar-refractivity contribution in [3.05, 3.63) is 41.2 Å². The van der Waals surface area contributed by atoms with Gasteiger partial charge in [0.1, 0.15) is 11.4 Å². The lowest BCUT2D eigenvalue weighted by molar-refractivity contribution is 0.0519. The van der Waals surface area contributed by atoms with Gasteiger partial charge in [0.05, 0.1) is 13.7 Å². The normalized spacial score (nSPS) is 10.4. The summed E-state index contributed by atoms with van der Waals surface area (Å²) in [6, 6.07) is 5.88. The molecule has 1 aromatic carbocycles. The van der Waals surface area contributed by atoms with Crippen LogP contribution in [0.15, 0.2) is 24.4 Å². The van der Waals surface area contributed by atoms with E-state index in [2.05, 4.69) is 4.98 Å². The van der Waals surface area contributed by atoms with Crippen LogP contribution in [0.25, 0.3) is 11.1 Å². The topological polar surface area (TPSA) is 51.3 Å². The summed E-state index contributed by atoms with van der Waals surface area (Å²) < 4.78 is 10.4. The van der Waals surface area contributed by atoms with E-state index < -0.39 is 0 Å². The summed E-state index contributed by atoms with van der Waals surface area (Å²) in [5.41, 5.74) is 4.48. The third-order valence-electron chi connectivity index (χ3n) is 3.41. The van der Waals surface area contributed by atoms with Gasteiger partial charge in [-0.05, 0) is 43.5 Å². The molecule has 4 heteroatoms. The highest BCUT2D eigenvalue weighted by atomic mass is 16.5. The number of ether oxygens (including phenoxy) is 2. The van der Waals surface area contributed by atoms with E-state index in [-0.39, 0.29) is 5.97 Å². The lowest BCUT2D eigenvalue weighted by atomic mass is 9.98. The van der Waals surface area contributed by atoms with E-state index in [9.17, 15) is 4.79 Å². The first-order valence-electron chi connectivity index (χ1n) is 6.59. The number of carbonyl (C=O) groups excluding carboxylic acids is 1. The Hall–Kier alpha value is -2.23. The average Bonchev–Trinajstić information content (AvgIpc) is 2.81. The Bertz CT molecular complexity index is 629. The Morgan fingerprint density at radius 2 is 1.95 bits per heavy atom. The van der Waals surface area contributed by atoms with Crippen LogP contribution in [0.1, 0.15) is 28.5 Å². The van der Waals surface area contributed by atoms with E-state index in [1.807, 2.05) is 38.2 Å². The second kappa shape index (κ2) is 5.82. The molecule has 1 aromatic heterocycles. The lowest BCUT2D eigenvalue weighted by Gasteiger charge is -2.10. The zero-order valence-electron chi connectivity index (χ0n) is 12.2. The van der Waals surface area contributed by atoms with Gasteiger partial charge in [-0.1, -0.05) is 12.1 Å². The van der Waals surface area contributed by atoms with Crippen LogP contribution in [0, 0.1) is 13.8 Å². The average molecular weight is 273 g/mol. The highest BCUT2D eigenvalue weighted by Gasteiger charge is 2.17. The molecule has 0 aliphatic heterocycles. The van der Waals surface area contributed by atoms with Crippen LogP contribution >= 0.6 is 0 Å². The summed E-state index contributed by atoms with van der Waals surface area (Å²) >= 11 is 0. The van der Waals surface area contributed by atoms with Crippen LogP contribution in [0.3, 0.4) is 0 Å². The van der Waals surface area contributed by atoms with Gasteiger partial charge in [-0.15, -0.1) is 0 Å². The number of hydrogen-bond donors (Lipinski definition) is 1. The second-order valence-electron chi connectivity index (χ2n) is 4.56. The highest BCUT2D eigenvalue weighted by molar-refractivity contribution is 5.92. The van der Waals surface area contributed by atoms with Crippen molar-refractivity contribution in [3.63, 3.8) is 0 Å². The minimum atomic E-state index is -0.322. The van der Waals surface area contributed by atoms with Gasteiger partial charge in [-0.3, -0.25) is 0 Å². The SMILES string of the molecule is CCOC(=O)c1[nH]cc(-c2cccc(OC)c2C)c1C. The maximum atomic E-state index is 11.8. The van der Waals surface area contributed by atoms with Gasteiger partial charge in [0.15, 0.2) is 0 Å². The van der Waals surface area contributed by atoms with Crippen LogP contribution < -0.4 is 4.74 Å². The van der Waals surface area contributed by atoms with Crippen molar-refractivity contribution in [2.24, 2.45) is 0 Å². The number of aromatic nitrogens is 1. The molecule has 0 spiro atoms. The first kappa shape index (κ1) is 14.2. The Kier molecular flexibility index (Phi) is 4.13. The van der Waals surface area contributed by atoms with Crippen molar-refractivity contribution in [1.29, 1.82) is 0 Å². The van der Waals surface area contributed by atoms with Crippen molar-refractivity contribution in [1.82, 2.24) is 4.98 Å². The first-order valence-corrected chi connectivity index (χ1v) is 6.59. The maximum absolute atomic E-state index is 11.8. The smallest absolute Gasteiger partial charge is 0.355 e. The quantitative estimate of drug-likeness (QED) is 0.868. The largest absolute Gasteiger partial charge is 0.496 e. The van der Waals surface area contributed by atoms with Crippen LogP contribution in [0.2, 0.25) is 0 Å². The van der Waals surface area contributed by atoms with Crippen LogP contribution in [0.5, 0.6) is 5.75 Å². The molecule has 0 radical (unpaired) electrons. The molecule has 0 unspecified atom stereocenters. The fourth-order valence-corrected chi connectivity index (χ4v) is 2.32. The summed E-state index contributed by atoms with van der Waals surface area (Å²) in [5.74, 6) is 0.512. The maximum Gasteiger partial charge on any atom is 0.355 e. The molecule has 0 saturated carbocycles. The van der Waals surface area contributed by atoms with Crippen LogP contribution in [-0.4, -0.2) is 24.7 Å². The fraction of sp³-hybridized carbons (Fsp3) is 0.312. The van der Waals surface area contributed by atoms with E-state index in [0.717, 1.165) is 28.0 Å². The van der Waals surface area contributed by atoms with Gasteiger partial charge in [-0.2, -0.15) is 0 Å². The standard InChI is InChI=1S/C16H19NO3/c1-5-20-16(18)15-11(3)13(9-17-15)12-7-6-8-14(19-4)10(12)2/h6-9,17H,5H2,1-4H3. The molecule has 0 aliphatic rings. The van der Waals surface area contributed by atoms with Gasteiger partial charge in [0.25, 0.3) is 0 Å². The van der Waals surface area contributed by atoms with Gasteiger partial charge in [0.2, 0.25) is 0 Å². The fourth-order valence-electron chi connectivity index (χ4n) is 2.32. The molecule has 1 heterocycles. The molecule has 0 saturated heterocycles. The van der Waals surface area contributed by atoms with Gasteiger partial charge >= 0.3 is 5.97 Å². The molecular formula is C16H19NO3. The molecule has 2 aromatic rings. The zero-order chi connectivity index (χ0) is 14.7. The predicted molar refractivity (Wildman–Crippen MR) is 78.2 cm³/mol. The molecule has 0 amide bonds. The van der Waals surface area contributed by atoms with Crippen molar-refractivity contribution in [2.75, 3.05) is 13.7 Å². The monoisotopic (exact) mass is 273 g/mol. The predicted octanol–water partition coefficient (Wildman–Crippen LogP) is 3.48. The number of esters is 1. The minimum absolute atomic E-state index is 0.322. The summed E-state index contributed by atoms with van der Waals surface area (Å²) in [6.07, 6.45) is 1.84. The summed E-state index contributed by atoms with van der Waals surface area (Å²) in [7, 11) is 1.65. The number of hydrogen-bond acceptors (Lipinski definition) is 3. The number of H-pyrrole nitrogens is 1. The van der Waals surface area contributed by atoms with Crippen LogP contribution in [-0.2, 0) is 4.74 Å². The van der Waals surface area contributed by atoms with E-state index in [0.29, 0.717) is 12.3 Å². The highest BCUT2D eigenvalue weighted by Crippen LogP contribution is 2.33. The van der Waals surface area contributed by atoms with Gasteiger partial charge < -0.3 is 14.5 Å². The van der Waals surface area contributed by atoms with Crippen molar-refractivity contribution >= 4 is 5.97 Å². The Labute approximate surface area is 118 Å².